The van der Waals surface area contributed by atoms with Gasteiger partial charge in [-0.05, 0) is 25.7 Å². The van der Waals surface area contributed by atoms with Crippen molar-refractivity contribution in [2.24, 2.45) is 11.7 Å². The number of carbonyl (C=O) groups is 2. The zero-order valence-corrected chi connectivity index (χ0v) is 10.8. The second-order valence-electron chi connectivity index (χ2n) is 4.82. The number of rotatable bonds is 2. The fraction of sp³-hybridized carbons (Fsp3) is 0.818. The lowest BCUT2D eigenvalue weighted by Crippen LogP contribution is -2.49. The molecule has 2 aliphatic heterocycles. The number of likely N-dealkylation sites (tertiary alicyclic amines) is 1. The summed E-state index contributed by atoms with van der Waals surface area (Å²) in [5.41, 5.74) is 5.87. The van der Waals surface area contributed by atoms with Crippen LogP contribution in [0.1, 0.15) is 19.8 Å². The molecule has 0 aromatic heterocycles. The number of nitrogens with two attached hydrogens (primary N) is 1. The molecule has 0 saturated carbocycles. The highest BCUT2D eigenvalue weighted by molar-refractivity contribution is 8.14. The van der Waals surface area contributed by atoms with Gasteiger partial charge in [0.1, 0.15) is 6.04 Å². The fourth-order valence-electron chi connectivity index (χ4n) is 2.38. The number of amides is 2. The lowest BCUT2D eigenvalue weighted by atomic mass is 9.91. The second-order valence-corrected chi connectivity index (χ2v) is 5.81. The molecule has 2 rings (SSSR count). The Morgan fingerprint density at radius 2 is 2.18 bits per heavy atom. The molecule has 6 heteroatoms. The van der Waals surface area contributed by atoms with E-state index in [1.807, 2.05) is 11.8 Å². The highest BCUT2D eigenvalue weighted by atomic mass is 32.2. The van der Waals surface area contributed by atoms with E-state index >= 15 is 0 Å². The zero-order valence-electron chi connectivity index (χ0n) is 10.0. The summed E-state index contributed by atoms with van der Waals surface area (Å²) in [6, 6.07) is -0.117. The zero-order chi connectivity index (χ0) is 12.4. The summed E-state index contributed by atoms with van der Waals surface area (Å²) in [5.74, 6) is 1.14. The van der Waals surface area contributed by atoms with Gasteiger partial charge in [-0.15, -0.1) is 0 Å². The van der Waals surface area contributed by atoms with Gasteiger partial charge in [-0.25, -0.2) is 0 Å². The molecule has 2 aliphatic rings. The summed E-state index contributed by atoms with van der Waals surface area (Å²) in [7, 11) is 0. The van der Waals surface area contributed by atoms with Crippen molar-refractivity contribution in [3.05, 3.63) is 0 Å². The van der Waals surface area contributed by atoms with Gasteiger partial charge < -0.3 is 16.0 Å². The van der Waals surface area contributed by atoms with E-state index in [2.05, 4.69) is 5.32 Å². The number of hydrogen-bond donors (Lipinski definition) is 2. The summed E-state index contributed by atoms with van der Waals surface area (Å²) in [6.45, 7) is 3.56. The number of thioether (sulfide) groups is 1. The lowest BCUT2D eigenvalue weighted by molar-refractivity contribution is -0.134. The van der Waals surface area contributed by atoms with Crippen molar-refractivity contribution < 1.29 is 9.59 Å². The Morgan fingerprint density at radius 3 is 2.65 bits per heavy atom. The van der Waals surface area contributed by atoms with Crippen molar-refractivity contribution in [3.8, 4) is 0 Å². The monoisotopic (exact) mass is 257 g/mol. The molecule has 0 bridgehead atoms. The van der Waals surface area contributed by atoms with Gasteiger partial charge in [0, 0.05) is 24.9 Å². The van der Waals surface area contributed by atoms with Crippen LogP contribution in [-0.4, -0.2) is 47.0 Å². The quantitative estimate of drug-likeness (QED) is 0.750. The summed E-state index contributed by atoms with van der Waals surface area (Å²) in [5, 5.41) is 2.60. The van der Waals surface area contributed by atoms with Gasteiger partial charge in [-0.3, -0.25) is 9.59 Å². The maximum absolute atomic E-state index is 12.1. The molecule has 5 nitrogen and oxygen atoms in total. The first-order valence-corrected chi connectivity index (χ1v) is 7.04. The van der Waals surface area contributed by atoms with Crippen molar-refractivity contribution in [1.82, 2.24) is 10.2 Å². The van der Waals surface area contributed by atoms with Crippen molar-refractivity contribution in [3.63, 3.8) is 0 Å². The molecule has 2 heterocycles. The Bertz CT molecular complexity index is 314. The highest BCUT2D eigenvalue weighted by Crippen LogP contribution is 2.22. The number of carbonyl (C=O) groups excluding carboxylic acids is 2. The molecule has 2 saturated heterocycles. The topological polar surface area (TPSA) is 75.4 Å². The normalized spacial score (nSPS) is 28.0. The van der Waals surface area contributed by atoms with E-state index in [4.69, 9.17) is 5.73 Å². The molecule has 2 amide bonds. The van der Waals surface area contributed by atoms with Crippen LogP contribution in [0, 0.1) is 5.92 Å². The summed E-state index contributed by atoms with van der Waals surface area (Å²) >= 11 is 1.19. The molecular weight excluding hydrogens is 238 g/mol. The molecule has 0 spiro atoms. The third-order valence-electron chi connectivity index (χ3n) is 3.57. The van der Waals surface area contributed by atoms with Gasteiger partial charge in [-0.1, -0.05) is 11.8 Å². The Morgan fingerprint density at radius 1 is 1.53 bits per heavy atom. The molecule has 0 aliphatic carbocycles. The van der Waals surface area contributed by atoms with E-state index in [1.165, 1.54) is 11.8 Å². The maximum Gasteiger partial charge on any atom is 0.279 e. The molecule has 0 aromatic carbocycles. The summed E-state index contributed by atoms with van der Waals surface area (Å²) < 4.78 is 0. The Hall–Kier alpha value is -0.750. The molecule has 1 unspecified atom stereocenters. The molecule has 0 aromatic rings. The Kier molecular flexibility index (Phi) is 3.93. The summed E-state index contributed by atoms with van der Waals surface area (Å²) in [6.07, 6.45) is 1.94. The van der Waals surface area contributed by atoms with Gasteiger partial charge in [0.2, 0.25) is 5.91 Å². The number of hydrogen-bond acceptors (Lipinski definition) is 4. The third-order valence-corrected chi connectivity index (χ3v) is 4.45. The van der Waals surface area contributed by atoms with E-state index < -0.39 is 0 Å². The van der Waals surface area contributed by atoms with Gasteiger partial charge in [0.05, 0.1) is 0 Å². The number of piperidine rings is 1. The predicted molar refractivity (Wildman–Crippen MR) is 67.7 cm³/mol. The van der Waals surface area contributed by atoms with Gasteiger partial charge in [0.25, 0.3) is 5.24 Å². The van der Waals surface area contributed by atoms with E-state index in [-0.39, 0.29) is 23.2 Å². The van der Waals surface area contributed by atoms with Gasteiger partial charge in [0.15, 0.2) is 0 Å². The van der Waals surface area contributed by atoms with Gasteiger partial charge in [-0.2, -0.15) is 0 Å². The molecule has 96 valence electrons. The minimum absolute atomic E-state index is 0.0616. The van der Waals surface area contributed by atoms with E-state index in [0.29, 0.717) is 11.7 Å². The van der Waals surface area contributed by atoms with Crippen LogP contribution in [0.3, 0.4) is 0 Å². The van der Waals surface area contributed by atoms with Crippen molar-refractivity contribution >= 4 is 22.9 Å². The highest BCUT2D eigenvalue weighted by Gasteiger charge is 2.33. The summed E-state index contributed by atoms with van der Waals surface area (Å²) in [4.78, 5) is 25.0. The SMILES string of the molecule is CC(N)C1CCN(C(=O)[C@@H]2CSC(=O)N2)CC1. The molecule has 2 atom stereocenters. The predicted octanol–water partition coefficient (Wildman–Crippen LogP) is 0.397. The molecular formula is C11H19N3O2S. The van der Waals surface area contributed by atoms with Crippen LogP contribution >= 0.6 is 11.8 Å². The number of nitrogens with one attached hydrogen (secondary N) is 1. The van der Waals surface area contributed by atoms with Crippen LogP contribution in [0.4, 0.5) is 4.79 Å². The first-order valence-electron chi connectivity index (χ1n) is 6.05. The van der Waals surface area contributed by atoms with Crippen LogP contribution in [0.15, 0.2) is 0 Å². The van der Waals surface area contributed by atoms with Crippen molar-refractivity contribution in [2.75, 3.05) is 18.8 Å². The standard InChI is InChI=1S/C11H19N3O2S/c1-7(12)8-2-4-14(5-3-8)10(15)9-6-17-11(16)13-9/h7-9H,2-6,12H2,1H3,(H,13,16)/t7?,9-/m0/s1. The minimum atomic E-state index is -0.320. The molecule has 17 heavy (non-hydrogen) atoms. The average Bonchev–Trinajstić information content (AvgIpc) is 2.75. The average molecular weight is 257 g/mol. The van der Waals surface area contributed by atoms with Crippen LogP contribution < -0.4 is 11.1 Å². The minimum Gasteiger partial charge on any atom is -0.341 e. The first kappa shape index (κ1) is 12.7. The lowest BCUT2D eigenvalue weighted by Gasteiger charge is -2.34. The molecule has 0 radical (unpaired) electrons. The van der Waals surface area contributed by atoms with Crippen LogP contribution in [-0.2, 0) is 4.79 Å². The third kappa shape index (κ3) is 2.93. The Balaban J connectivity index is 1.84. The van der Waals surface area contributed by atoms with E-state index in [1.54, 1.807) is 0 Å². The largest absolute Gasteiger partial charge is 0.341 e. The van der Waals surface area contributed by atoms with Crippen LogP contribution in [0.25, 0.3) is 0 Å². The fourth-order valence-corrected chi connectivity index (χ4v) is 3.15. The molecule has 3 N–H and O–H groups in total. The van der Waals surface area contributed by atoms with Crippen molar-refractivity contribution in [2.45, 2.75) is 31.8 Å². The Labute approximate surface area is 105 Å². The second kappa shape index (κ2) is 5.27. The van der Waals surface area contributed by atoms with Crippen LogP contribution in [0.5, 0.6) is 0 Å². The van der Waals surface area contributed by atoms with Gasteiger partial charge >= 0.3 is 0 Å². The van der Waals surface area contributed by atoms with E-state index in [9.17, 15) is 9.59 Å². The maximum atomic E-state index is 12.1. The number of nitrogens with zero attached hydrogens (tertiary/aromatic N) is 1. The van der Waals surface area contributed by atoms with E-state index in [0.717, 1.165) is 25.9 Å². The van der Waals surface area contributed by atoms with Crippen LogP contribution in [0.2, 0.25) is 0 Å². The smallest absolute Gasteiger partial charge is 0.279 e. The molecule has 2 fully saturated rings. The first-order chi connectivity index (χ1) is 8.08. The van der Waals surface area contributed by atoms with Crippen molar-refractivity contribution in [1.29, 1.82) is 0 Å².